The Balaban J connectivity index is 2.38. The first-order valence-electron chi connectivity index (χ1n) is 5.23. The van der Waals surface area contributed by atoms with Gasteiger partial charge < -0.3 is 10.6 Å². The Morgan fingerprint density at radius 3 is 2.36 bits per heavy atom. The highest BCUT2D eigenvalue weighted by atomic mass is 32.2. The van der Waals surface area contributed by atoms with Crippen molar-refractivity contribution in [3.8, 4) is 0 Å². The zero-order valence-corrected chi connectivity index (χ0v) is 9.78. The lowest BCUT2D eigenvalue weighted by molar-refractivity contribution is 0.384. The second-order valence-corrected chi connectivity index (χ2v) is 4.72. The molecule has 0 spiro atoms. The summed E-state index contributed by atoms with van der Waals surface area (Å²) in [7, 11) is 0. The lowest BCUT2D eigenvalue weighted by Gasteiger charge is -2.23. The summed E-state index contributed by atoms with van der Waals surface area (Å²) in [5, 5.41) is 3.10. The highest BCUT2D eigenvalue weighted by Gasteiger charge is 2.09. The van der Waals surface area contributed by atoms with Crippen molar-refractivity contribution >= 4 is 11.8 Å². The van der Waals surface area contributed by atoms with Gasteiger partial charge in [-0.05, 0) is 25.2 Å². The third-order valence-corrected chi connectivity index (χ3v) is 3.36. The van der Waals surface area contributed by atoms with Gasteiger partial charge in [0.25, 0.3) is 0 Å². The predicted molar refractivity (Wildman–Crippen MR) is 64.7 cm³/mol. The van der Waals surface area contributed by atoms with Gasteiger partial charge in [-0.15, -0.1) is 0 Å². The molecule has 2 nitrogen and oxygen atoms in total. The standard InChI is InChI=1S/C11H20N2S/c1-10(12)9-14-11(2)13-7-5-3-4-6-8-13/h9H,2-8,12H2,1H3/b10-9+. The molecule has 1 fully saturated rings. The molecular formula is C11H20N2S. The normalized spacial score (nSPS) is 19.2. The van der Waals surface area contributed by atoms with Crippen molar-refractivity contribution in [3.63, 3.8) is 0 Å². The van der Waals surface area contributed by atoms with Crippen LogP contribution >= 0.6 is 11.8 Å². The minimum absolute atomic E-state index is 0.853. The fourth-order valence-electron chi connectivity index (χ4n) is 1.56. The summed E-state index contributed by atoms with van der Waals surface area (Å²) in [4.78, 5) is 2.37. The molecule has 0 aromatic heterocycles. The van der Waals surface area contributed by atoms with Crippen LogP contribution in [0.3, 0.4) is 0 Å². The van der Waals surface area contributed by atoms with Crippen molar-refractivity contribution in [1.29, 1.82) is 0 Å². The SMILES string of the molecule is C=C(S/C=C(\C)N)N1CCCCCC1. The van der Waals surface area contributed by atoms with Crippen LogP contribution in [0.5, 0.6) is 0 Å². The monoisotopic (exact) mass is 212 g/mol. The van der Waals surface area contributed by atoms with E-state index >= 15 is 0 Å². The number of rotatable bonds is 3. The van der Waals surface area contributed by atoms with Crippen LogP contribution in [0.1, 0.15) is 32.6 Å². The van der Waals surface area contributed by atoms with Gasteiger partial charge in [-0.3, -0.25) is 0 Å². The Morgan fingerprint density at radius 2 is 1.86 bits per heavy atom. The average Bonchev–Trinajstić information content (AvgIpc) is 2.42. The summed E-state index contributed by atoms with van der Waals surface area (Å²) in [5.74, 6) is 0. The van der Waals surface area contributed by atoms with E-state index in [1.165, 1.54) is 25.7 Å². The molecule has 0 atom stereocenters. The molecule has 3 heteroatoms. The van der Waals surface area contributed by atoms with E-state index in [2.05, 4.69) is 11.5 Å². The van der Waals surface area contributed by atoms with E-state index in [-0.39, 0.29) is 0 Å². The molecule has 0 radical (unpaired) electrons. The largest absolute Gasteiger partial charge is 0.402 e. The fourth-order valence-corrected chi connectivity index (χ4v) is 2.21. The molecule has 0 aromatic rings. The maximum Gasteiger partial charge on any atom is 0.0677 e. The molecule has 1 aliphatic rings. The smallest absolute Gasteiger partial charge is 0.0677 e. The van der Waals surface area contributed by atoms with Crippen LogP contribution < -0.4 is 5.73 Å². The number of nitrogens with two attached hydrogens (primary N) is 1. The van der Waals surface area contributed by atoms with Gasteiger partial charge in [-0.25, -0.2) is 0 Å². The van der Waals surface area contributed by atoms with Crippen molar-refractivity contribution in [2.45, 2.75) is 32.6 Å². The van der Waals surface area contributed by atoms with Gasteiger partial charge in [0, 0.05) is 18.8 Å². The summed E-state index contributed by atoms with van der Waals surface area (Å²) in [6.45, 7) is 8.30. The summed E-state index contributed by atoms with van der Waals surface area (Å²) < 4.78 is 0. The summed E-state index contributed by atoms with van der Waals surface area (Å²) in [6, 6.07) is 0. The Bertz CT molecular complexity index is 211. The minimum Gasteiger partial charge on any atom is -0.402 e. The molecular weight excluding hydrogens is 192 g/mol. The molecule has 0 aromatic carbocycles. The van der Waals surface area contributed by atoms with Gasteiger partial charge in [-0.2, -0.15) is 0 Å². The van der Waals surface area contributed by atoms with E-state index in [4.69, 9.17) is 5.73 Å². The fraction of sp³-hybridized carbons (Fsp3) is 0.636. The first-order chi connectivity index (χ1) is 6.70. The van der Waals surface area contributed by atoms with Gasteiger partial charge in [0.1, 0.15) is 0 Å². The molecule has 0 aliphatic carbocycles. The van der Waals surface area contributed by atoms with E-state index < -0.39 is 0 Å². The molecule has 0 unspecified atom stereocenters. The van der Waals surface area contributed by atoms with Crippen molar-refractivity contribution in [1.82, 2.24) is 4.90 Å². The number of nitrogens with zero attached hydrogens (tertiary/aromatic N) is 1. The van der Waals surface area contributed by atoms with Crippen molar-refractivity contribution < 1.29 is 0 Å². The third kappa shape index (κ3) is 4.09. The number of hydrogen-bond acceptors (Lipinski definition) is 3. The molecule has 0 amide bonds. The average molecular weight is 212 g/mol. The van der Waals surface area contributed by atoms with Gasteiger partial charge in [-0.1, -0.05) is 31.2 Å². The first-order valence-corrected chi connectivity index (χ1v) is 6.11. The Labute approximate surface area is 91.2 Å². The molecule has 0 saturated carbocycles. The van der Waals surface area contributed by atoms with Gasteiger partial charge in [0.05, 0.1) is 5.03 Å². The Kier molecular flexibility index (Phi) is 4.94. The van der Waals surface area contributed by atoms with Crippen molar-refractivity contribution in [3.05, 3.63) is 22.7 Å². The zero-order valence-electron chi connectivity index (χ0n) is 8.96. The quantitative estimate of drug-likeness (QED) is 0.780. The lowest BCUT2D eigenvalue weighted by Crippen LogP contribution is -2.21. The van der Waals surface area contributed by atoms with Crippen LogP contribution in [-0.4, -0.2) is 18.0 Å². The second kappa shape index (κ2) is 6.02. The third-order valence-electron chi connectivity index (χ3n) is 2.34. The molecule has 1 aliphatic heterocycles. The molecule has 1 heterocycles. The van der Waals surface area contributed by atoms with Gasteiger partial charge in [0.15, 0.2) is 0 Å². The predicted octanol–water partition coefficient (Wildman–Crippen LogP) is 2.89. The molecule has 0 bridgehead atoms. The molecule has 80 valence electrons. The van der Waals surface area contributed by atoms with Crippen molar-refractivity contribution in [2.24, 2.45) is 5.73 Å². The van der Waals surface area contributed by atoms with Crippen LogP contribution in [-0.2, 0) is 0 Å². The number of thioether (sulfide) groups is 1. The van der Waals surface area contributed by atoms with Crippen LogP contribution in [0.2, 0.25) is 0 Å². The number of hydrogen-bond donors (Lipinski definition) is 1. The van der Waals surface area contributed by atoms with Crippen LogP contribution in [0, 0.1) is 0 Å². The molecule has 2 N–H and O–H groups in total. The van der Waals surface area contributed by atoms with E-state index in [9.17, 15) is 0 Å². The van der Waals surface area contributed by atoms with Gasteiger partial charge >= 0.3 is 0 Å². The minimum atomic E-state index is 0.853. The molecule has 1 saturated heterocycles. The van der Waals surface area contributed by atoms with Crippen LogP contribution in [0.4, 0.5) is 0 Å². The summed E-state index contributed by atoms with van der Waals surface area (Å²) in [6.07, 6.45) is 5.32. The van der Waals surface area contributed by atoms with E-state index in [0.717, 1.165) is 23.8 Å². The Morgan fingerprint density at radius 1 is 1.29 bits per heavy atom. The lowest BCUT2D eigenvalue weighted by atomic mass is 10.2. The number of allylic oxidation sites excluding steroid dienone is 1. The summed E-state index contributed by atoms with van der Waals surface area (Å²) in [5.41, 5.74) is 6.43. The maximum absolute atomic E-state index is 5.58. The molecule has 14 heavy (non-hydrogen) atoms. The highest BCUT2D eigenvalue weighted by molar-refractivity contribution is 8.05. The summed E-state index contributed by atoms with van der Waals surface area (Å²) >= 11 is 1.64. The first kappa shape index (κ1) is 11.5. The number of likely N-dealkylation sites (tertiary alicyclic amines) is 1. The zero-order chi connectivity index (χ0) is 10.4. The van der Waals surface area contributed by atoms with E-state index in [0.29, 0.717) is 0 Å². The highest BCUT2D eigenvalue weighted by Crippen LogP contribution is 2.23. The maximum atomic E-state index is 5.58. The topological polar surface area (TPSA) is 29.3 Å². The van der Waals surface area contributed by atoms with Crippen molar-refractivity contribution in [2.75, 3.05) is 13.1 Å². The Hall–Kier alpha value is -0.570. The van der Waals surface area contributed by atoms with Crippen LogP contribution in [0.25, 0.3) is 0 Å². The van der Waals surface area contributed by atoms with E-state index in [1.807, 2.05) is 12.3 Å². The van der Waals surface area contributed by atoms with Gasteiger partial charge in [0.2, 0.25) is 0 Å². The second-order valence-electron chi connectivity index (χ2n) is 3.77. The van der Waals surface area contributed by atoms with Crippen LogP contribution in [0.15, 0.2) is 22.7 Å². The van der Waals surface area contributed by atoms with E-state index in [1.54, 1.807) is 11.8 Å². The molecule has 1 rings (SSSR count).